The lowest BCUT2D eigenvalue weighted by atomic mass is 9.83. The van der Waals surface area contributed by atoms with Crippen molar-refractivity contribution < 1.29 is 79.9 Å². The van der Waals surface area contributed by atoms with Crippen LogP contribution in [0.15, 0.2) is 85.1 Å². The van der Waals surface area contributed by atoms with Gasteiger partial charge in [-0.1, -0.05) is 98.9 Å². The first kappa shape index (κ1) is 55.4. The molecule has 17 heteroatoms. The number of aliphatic hydroxyl groups excluding tert-OH is 10. The van der Waals surface area contributed by atoms with Crippen molar-refractivity contribution in [2.24, 2.45) is 23.5 Å². The molecular weight excluding hydrogens is 835 g/mol. The molecule has 0 aromatic heterocycles. The number of carbonyl (C=O) groups is 1. The van der Waals surface area contributed by atoms with E-state index in [2.05, 4.69) is 0 Å². The molecular formula is C47H75NO16. The topological polar surface area (TPSA) is 303 Å². The molecule has 8 unspecified atom stereocenters. The van der Waals surface area contributed by atoms with Gasteiger partial charge in [-0.3, -0.25) is 4.79 Å². The Morgan fingerprint density at radius 3 is 1.80 bits per heavy atom. The number of hydrogen-bond acceptors (Lipinski definition) is 17. The molecule has 2 bridgehead atoms. The Hall–Kier alpha value is -2.95. The molecule has 0 spiro atoms. The highest BCUT2D eigenvalue weighted by Crippen LogP contribution is 2.38. The summed E-state index contributed by atoms with van der Waals surface area (Å²) >= 11 is 0. The van der Waals surface area contributed by atoms with Crippen LogP contribution in [-0.2, 0) is 23.7 Å². The molecule has 0 saturated carbocycles. The molecule has 2 fully saturated rings. The molecule has 364 valence electrons. The average Bonchev–Trinajstić information content (AvgIpc) is 3.22. The summed E-state index contributed by atoms with van der Waals surface area (Å²) in [5.41, 5.74) is 6.04. The number of aliphatic hydroxyl groups is 11. The second kappa shape index (κ2) is 27.6. The van der Waals surface area contributed by atoms with E-state index in [1.165, 1.54) is 0 Å². The molecule has 2 saturated heterocycles. The molecule has 0 aromatic carbocycles. The van der Waals surface area contributed by atoms with Gasteiger partial charge >= 0.3 is 5.97 Å². The van der Waals surface area contributed by atoms with Crippen molar-refractivity contribution >= 4 is 5.97 Å². The van der Waals surface area contributed by atoms with E-state index in [1.54, 1.807) is 63.3 Å². The lowest BCUT2D eigenvalue weighted by Crippen LogP contribution is -2.61. The molecule has 64 heavy (non-hydrogen) atoms. The third-order valence-corrected chi connectivity index (χ3v) is 12.1. The van der Waals surface area contributed by atoms with Crippen molar-refractivity contribution in [1.82, 2.24) is 0 Å². The molecule has 3 heterocycles. The van der Waals surface area contributed by atoms with Gasteiger partial charge in [0, 0.05) is 37.0 Å². The van der Waals surface area contributed by atoms with Crippen LogP contribution in [0.5, 0.6) is 0 Å². The smallest absolute Gasteiger partial charge is 0.308 e. The summed E-state index contributed by atoms with van der Waals surface area (Å²) in [6.07, 6.45) is 6.26. The predicted molar refractivity (Wildman–Crippen MR) is 236 cm³/mol. The van der Waals surface area contributed by atoms with Gasteiger partial charge in [-0.2, -0.15) is 0 Å². The average molecular weight is 910 g/mol. The maximum atomic E-state index is 12.6. The predicted octanol–water partition coefficient (Wildman–Crippen LogP) is 0.619. The Morgan fingerprint density at radius 2 is 1.20 bits per heavy atom. The number of carbonyl (C=O) groups excluding carboxylic acids is 1. The normalized spacial score (nSPS) is 46.1. The minimum absolute atomic E-state index is 0.0933. The SMILES string of the molecule is C[C@@H]1[C@H](O)[C@@H](C)\C=C/C=C\C=C/C=C\C=C/C=C\C=C\[C@H](O[C@@H]2O[C@H](C)[C@@H](O)[C@H](N)[C@@H]2O)CC2O[C@](O)(CC(O)C(O)CCC(O)CC(O)CC(O)CC(=O)O[C@H]1C)CC(O)C2CO. The van der Waals surface area contributed by atoms with Crippen LogP contribution in [0.3, 0.4) is 0 Å². The molecule has 0 aromatic rings. The van der Waals surface area contributed by atoms with Crippen LogP contribution in [0, 0.1) is 17.8 Å². The molecule has 13 N–H and O–H groups in total. The Balaban J connectivity index is 1.83. The van der Waals surface area contributed by atoms with Gasteiger partial charge in [0.25, 0.3) is 0 Å². The van der Waals surface area contributed by atoms with E-state index in [-0.39, 0.29) is 38.0 Å². The quantitative estimate of drug-likeness (QED) is 0.173. The number of cyclic esters (lactones) is 1. The summed E-state index contributed by atoms with van der Waals surface area (Å²) in [5, 5.41) is 118. The summed E-state index contributed by atoms with van der Waals surface area (Å²) in [4.78, 5) is 12.6. The van der Waals surface area contributed by atoms with Crippen LogP contribution in [0.2, 0.25) is 0 Å². The number of esters is 1. The first-order valence-electron chi connectivity index (χ1n) is 22.3. The molecule has 0 aliphatic carbocycles. The fourth-order valence-corrected chi connectivity index (χ4v) is 7.94. The minimum atomic E-state index is -2.19. The van der Waals surface area contributed by atoms with Gasteiger partial charge in [-0.15, -0.1) is 0 Å². The maximum Gasteiger partial charge on any atom is 0.308 e. The minimum Gasteiger partial charge on any atom is -0.462 e. The van der Waals surface area contributed by atoms with Gasteiger partial charge in [0.05, 0.1) is 86.2 Å². The van der Waals surface area contributed by atoms with Crippen LogP contribution in [0.25, 0.3) is 0 Å². The van der Waals surface area contributed by atoms with Gasteiger partial charge < -0.3 is 80.9 Å². The number of ether oxygens (including phenoxy) is 4. The molecule has 3 rings (SSSR count). The highest BCUT2D eigenvalue weighted by molar-refractivity contribution is 5.70. The summed E-state index contributed by atoms with van der Waals surface area (Å²) in [5.74, 6) is -4.55. The van der Waals surface area contributed by atoms with E-state index in [4.69, 9.17) is 24.7 Å². The van der Waals surface area contributed by atoms with Crippen LogP contribution in [0.4, 0.5) is 0 Å². The summed E-state index contributed by atoms with van der Waals surface area (Å²) in [6.45, 7) is 6.27. The summed E-state index contributed by atoms with van der Waals surface area (Å²) in [6, 6.07) is -1.09. The van der Waals surface area contributed by atoms with Crippen molar-refractivity contribution in [3.05, 3.63) is 85.1 Å². The van der Waals surface area contributed by atoms with Gasteiger partial charge in [0.1, 0.15) is 12.2 Å². The number of rotatable bonds is 3. The van der Waals surface area contributed by atoms with E-state index in [1.807, 2.05) is 49.5 Å². The van der Waals surface area contributed by atoms with E-state index >= 15 is 0 Å². The van der Waals surface area contributed by atoms with Gasteiger partial charge in [-0.05, 0) is 39.5 Å². The fourth-order valence-electron chi connectivity index (χ4n) is 7.94. The number of hydrogen-bond donors (Lipinski definition) is 12. The summed E-state index contributed by atoms with van der Waals surface area (Å²) < 4.78 is 23.4. The Kier molecular flexibility index (Phi) is 23.9. The largest absolute Gasteiger partial charge is 0.462 e. The zero-order valence-electron chi connectivity index (χ0n) is 37.4. The van der Waals surface area contributed by atoms with Gasteiger partial charge in [-0.25, -0.2) is 0 Å². The fraction of sp³-hybridized carbons (Fsp3) is 0.681. The molecule has 0 radical (unpaired) electrons. The lowest BCUT2D eigenvalue weighted by molar-refractivity contribution is -0.314. The highest BCUT2D eigenvalue weighted by atomic mass is 16.7. The van der Waals surface area contributed by atoms with Crippen LogP contribution in [0.1, 0.15) is 79.1 Å². The second-order valence-electron chi connectivity index (χ2n) is 17.6. The third-order valence-electron chi connectivity index (χ3n) is 12.1. The Labute approximate surface area is 376 Å². The van der Waals surface area contributed by atoms with Crippen molar-refractivity contribution in [3.63, 3.8) is 0 Å². The summed E-state index contributed by atoms with van der Waals surface area (Å²) in [7, 11) is 0. The first-order chi connectivity index (χ1) is 30.2. The van der Waals surface area contributed by atoms with Crippen molar-refractivity contribution in [2.75, 3.05) is 6.61 Å². The van der Waals surface area contributed by atoms with Crippen LogP contribution in [-0.4, -0.2) is 166 Å². The Morgan fingerprint density at radius 1 is 0.656 bits per heavy atom. The van der Waals surface area contributed by atoms with Crippen LogP contribution < -0.4 is 5.73 Å². The highest BCUT2D eigenvalue weighted by Gasteiger charge is 2.48. The van der Waals surface area contributed by atoms with Crippen molar-refractivity contribution in [1.29, 1.82) is 0 Å². The van der Waals surface area contributed by atoms with E-state index in [9.17, 15) is 61.0 Å². The number of nitrogens with two attached hydrogens (primary N) is 1. The second-order valence-corrected chi connectivity index (χ2v) is 17.6. The number of fused-ring (bicyclic) bond motifs is 2. The van der Waals surface area contributed by atoms with Gasteiger partial charge in [0.2, 0.25) is 0 Å². The van der Waals surface area contributed by atoms with Crippen molar-refractivity contribution in [2.45, 2.75) is 177 Å². The van der Waals surface area contributed by atoms with E-state index in [0.29, 0.717) is 0 Å². The molecule has 3 aliphatic heterocycles. The standard InChI is InChI=1S/C47H75NO16/c1-28-17-15-13-11-9-7-5-6-8-10-12-14-16-18-35(63-46-45(59)42(48)44(58)31(4)62-46)24-40-36(27-49)38(54)25-47(60,64-40)26-39(55)37(53)20-19-32(50)21-33(51)22-34(52)23-41(56)61-30(3)29(2)43(28)57/h5-18,28-40,42-46,49-55,57-60H,19-27,48H2,1-4H3/b6-5-,9-7-,10-8-,13-11-,14-12-,17-15-,18-16+/t28-,29-,30-,31+,32?,33?,34?,35-,36?,37?,38?,39?,40?,42-,43+,44+,45-,46-,47-/m0/s1. The van der Waals surface area contributed by atoms with Crippen LogP contribution >= 0.6 is 0 Å². The van der Waals surface area contributed by atoms with Crippen molar-refractivity contribution in [3.8, 4) is 0 Å². The van der Waals surface area contributed by atoms with E-state index in [0.717, 1.165) is 0 Å². The maximum absolute atomic E-state index is 12.6. The molecule has 0 amide bonds. The molecule has 17 nitrogen and oxygen atoms in total. The number of allylic oxidation sites excluding steroid dienone is 12. The zero-order chi connectivity index (χ0) is 47.6. The molecule has 3 aliphatic rings. The van der Waals surface area contributed by atoms with E-state index < -0.39 is 141 Å². The first-order valence-corrected chi connectivity index (χ1v) is 22.3. The lowest BCUT2D eigenvalue weighted by Gasteiger charge is -2.46. The molecule has 19 atom stereocenters. The monoisotopic (exact) mass is 910 g/mol. The van der Waals surface area contributed by atoms with Gasteiger partial charge in [0.15, 0.2) is 12.1 Å². The zero-order valence-corrected chi connectivity index (χ0v) is 37.4. The third kappa shape index (κ3) is 18.4. The Bertz CT molecular complexity index is 1580.